The molecule has 0 bridgehead atoms. The van der Waals surface area contributed by atoms with Gasteiger partial charge in [0.1, 0.15) is 6.04 Å². The van der Waals surface area contributed by atoms with E-state index in [1.165, 1.54) is 12.1 Å². The summed E-state index contributed by atoms with van der Waals surface area (Å²) in [4.78, 5) is 29.2. The number of piperazine rings is 1. The van der Waals surface area contributed by atoms with Crippen molar-refractivity contribution in [2.45, 2.75) is 23.8 Å². The molecule has 0 aromatic heterocycles. The molecule has 3 rings (SSSR count). The summed E-state index contributed by atoms with van der Waals surface area (Å²) in [5, 5.41) is 3.17. The van der Waals surface area contributed by atoms with E-state index in [0.717, 1.165) is 32.2 Å². The van der Waals surface area contributed by atoms with Crippen LogP contribution in [0.4, 0.5) is 0 Å². The number of hydrogen-bond donors (Lipinski definition) is 1. The molecule has 1 aromatic carbocycles. The van der Waals surface area contributed by atoms with Crippen LogP contribution in [0.1, 0.15) is 23.2 Å². The van der Waals surface area contributed by atoms with E-state index in [4.69, 9.17) is 0 Å². The van der Waals surface area contributed by atoms with Gasteiger partial charge in [0.15, 0.2) is 9.84 Å². The van der Waals surface area contributed by atoms with Crippen LogP contribution < -0.4 is 5.32 Å². The Kier molecular flexibility index (Phi) is 5.10. The Morgan fingerprint density at radius 2 is 1.88 bits per heavy atom. The third-order valence-electron chi connectivity index (χ3n) is 4.72. The zero-order valence-corrected chi connectivity index (χ0v) is 15.1. The highest BCUT2D eigenvalue weighted by Gasteiger charge is 2.36. The number of nitrogens with one attached hydrogen (secondary N) is 1. The molecular formula is C17H23N3O4S. The van der Waals surface area contributed by atoms with Crippen LogP contribution in [0, 0.1) is 0 Å². The summed E-state index contributed by atoms with van der Waals surface area (Å²) in [6, 6.07) is 5.47. The third-order valence-corrected chi connectivity index (χ3v) is 5.83. The van der Waals surface area contributed by atoms with Gasteiger partial charge in [-0.3, -0.25) is 9.59 Å². The third kappa shape index (κ3) is 3.85. The fraction of sp³-hybridized carbons (Fsp3) is 0.529. The predicted molar refractivity (Wildman–Crippen MR) is 93.1 cm³/mol. The molecule has 1 N–H and O–H groups in total. The van der Waals surface area contributed by atoms with Gasteiger partial charge in [0.25, 0.3) is 5.91 Å². The fourth-order valence-corrected chi connectivity index (χ4v) is 4.01. The number of sulfone groups is 1. The van der Waals surface area contributed by atoms with Crippen molar-refractivity contribution in [3.63, 3.8) is 0 Å². The molecule has 0 spiro atoms. The Morgan fingerprint density at radius 1 is 1.16 bits per heavy atom. The van der Waals surface area contributed by atoms with Crippen molar-refractivity contribution in [2.75, 3.05) is 39.0 Å². The van der Waals surface area contributed by atoms with Gasteiger partial charge in [0.05, 0.1) is 4.90 Å². The van der Waals surface area contributed by atoms with Crippen LogP contribution in [0.5, 0.6) is 0 Å². The van der Waals surface area contributed by atoms with E-state index >= 15 is 0 Å². The SMILES string of the molecule is CS(=O)(=O)c1cccc(C(=O)N2CCNC[C@@H]2C(=O)N2CCCC2)c1. The minimum Gasteiger partial charge on any atom is -0.341 e. The molecule has 8 heteroatoms. The molecule has 0 radical (unpaired) electrons. The topological polar surface area (TPSA) is 86.8 Å². The summed E-state index contributed by atoms with van der Waals surface area (Å²) in [5.41, 5.74) is 0.295. The summed E-state index contributed by atoms with van der Waals surface area (Å²) < 4.78 is 23.5. The maximum Gasteiger partial charge on any atom is 0.254 e. The van der Waals surface area contributed by atoms with E-state index in [1.807, 2.05) is 4.90 Å². The fourth-order valence-electron chi connectivity index (χ4n) is 3.34. The highest BCUT2D eigenvalue weighted by molar-refractivity contribution is 7.90. The zero-order chi connectivity index (χ0) is 18.0. The Hall–Kier alpha value is -1.93. The largest absolute Gasteiger partial charge is 0.341 e. The van der Waals surface area contributed by atoms with Gasteiger partial charge in [-0.1, -0.05) is 6.07 Å². The van der Waals surface area contributed by atoms with Crippen LogP contribution in [0.15, 0.2) is 29.2 Å². The van der Waals surface area contributed by atoms with Gasteiger partial charge in [0.2, 0.25) is 5.91 Å². The Balaban J connectivity index is 1.85. The Bertz CT molecular complexity index is 772. The van der Waals surface area contributed by atoms with Crippen LogP contribution in [0.25, 0.3) is 0 Å². The van der Waals surface area contributed by atoms with Crippen LogP contribution in [-0.4, -0.2) is 75.1 Å². The summed E-state index contributed by atoms with van der Waals surface area (Å²) >= 11 is 0. The van der Waals surface area contributed by atoms with E-state index < -0.39 is 15.9 Å². The lowest BCUT2D eigenvalue weighted by Crippen LogP contribution is -2.59. The van der Waals surface area contributed by atoms with Crippen molar-refractivity contribution in [3.05, 3.63) is 29.8 Å². The molecule has 2 saturated heterocycles. The molecule has 2 heterocycles. The average Bonchev–Trinajstić information content (AvgIpc) is 3.14. The summed E-state index contributed by atoms with van der Waals surface area (Å²) in [6.45, 7) is 2.93. The van der Waals surface area contributed by atoms with Gasteiger partial charge in [0, 0.05) is 44.5 Å². The minimum atomic E-state index is -3.39. The molecule has 0 aliphatic carbocycles. The van der Waals surface area contributed by atoms with Crippen LogP contribution in [-0.2, 0) is 14.6 Å². The highest BCUT2D eigenvalue weighted by Crippen LogP contribution is 2.18. The van der Waals surface area contributed by atoms with E-state index in [9.17, 15) is 18.0 Å². The number of carbonyl (C=O) groups is 2. The number of hydrogen-bond acceptors (Lipinski definition) is 5. The average molecular weight is 365 g/mol. The monoisotopic (exact) mass is 365 g/mol. The summed E-state index contributed by atoms with van der Waals surface area (Å²) in [6.07, 6.45) is 3.10. The van der Waals surface area contributed by atoms with Crippen LogP contribution in [0.3, 0.4) is 0 Å². The highest BCUT2D eigenvalue weighted by atomic mass is 32.2. The Morgan fingerprint density at radius 3 is 2.56 bits per heavy atom. The van der Waals surface area contributed by atoms with Gasteiger partial charge in [-0.2, -0.15) is 0 Å². The number of nitrogens with zero attached hydrogens (tertiary/aromatic N) is 2. The maximum atomic E-state index is 12.9. The first-order valence-electron chi connectivity index (χ1n) is 8.48. The normalized spacial score (nSPS) is 21.4. The molecule has 25 heavy (non-hydrogen) atoms. The van der Waals surface area contributed by atoms with Crippen molar-refractivity contribution >= 4 is 21.7 Å². The second kappa shape index (κ2) is 7.13. The first-order valence-corrected chi connectivity index (χ1v) is 10.4. The number of rotatable bonds is 3. The van der Waals surface area contributed by atoms with Crippen molar-refractivity contribution in [2.24, 2.45) is 0 Å². The van der Waals surface area contributed by atoms with Gasteiger partial charge in [-0.05, 0) is 31.0 Å². The van der Waals surface area contributed by atoms with Crippen molar-refractivity contribution in [3.8, 4) is 0 Å². The van der Waals surface area contributed by atoms with Crippen LogP contribution >= 0.6 is 0 Å². The van der Waals surface area contributed by atoms with E-state index in [0.29, 0.717) is 25.2 Å². The first-order chi connectivity index (χ1) is 11.9. The van der Waals surface area contributed by atoms with Crippen molar-refractivity contribution < 1.29 is 18.0 Å². The standard InChI is InChI=1S/C17H23N3O4S/c1-25(23,24)14-6-4-5-13(11-14)16(21)20-10-7-18-12-15(20)17(22)19-8-2-3-9-19/h4-6,11,15,18H,2-3,7-10,12H2,1H3/t15-/m1/s1. The van der Waals surface area contributed by atoms with Crippen molar-refractivity contribution in [1.29, 1.82) is 0 Å². The summed E-state index contributed by atoms with van der Waals surface area (Å²) in [5.74, 6) is -0.332. The molecule has 7 nitrogen and oxygen atoms in total. The Labute approximate surface area is 147 Å². The molecule has 1 aromatic rings. The summed E-state index contributed by atoms with van der Waals surface area (Å²) in [7, 11) is -3.39. The lowest BCUT2D eigenvalue weighted by atomic mass is 10.1. The van der Waals surface area contributed by atoms with E-state index in [-0.39, 0.29) is 16.7 Å². The molecule has 2 amide bonds. The molecule has 1 atom stereocenters. The molecule has 0 unspecified atom stereocenters. The molecular weight excluding hydrogens is 342 g/mol. The van der Waals surface area contributed by atoms with Gasteiger partial charge in [-0.15, -0.1) is 0 Å². The molecule has 0 saturated carbocycles. The minimum absolute atomic E-state index is 0.0303. The van der Waals surface area contributed by atoms with Gasteiger partial charge in [-0.25, -0.2) is 8.42 Å². The van der Waals surface area contributed by atoms with Gasteiger partial charge < -0.3 is 15.1 Å². The molecule has 136 valence electrons. The number of amides is 2. The second-order valence-corrected chi connectivity index (χ2v) is 8.57. The molecule has 2 fully saturated rings. The van der Waals surface area contributed by atoms with Crippen molar-refractivity contribution in [1.82, 2.24) is 15.1 Å². The maximum absolute atomic E-state index is 12.9. The van der Waals surface area contributed by atoms with Gasteiger partial charge >= 0.3 is 0 Å². The number of benzene rings is 1. The second-order valence-electron chi connectivity index (χ2n) is 6.55. The quantitative estimate of drug-likeness (QED) is 0.823. The zero-order valence-electron chi connectivity index (χ0n) is 14.3. The number of carbonyl (C=O) groups excluding carboxylic acids is 2. The van der Waals surface area contributed by atoms with E-state index in [2.05, 4.69) is 5.32 Å². The van der Waals surface area contributed by atoms with Crippen LogP contribution in [0.2, 0.25) is 0 Å². The number of likely N-dealkylation sites (tertiary alicyclic amines) is 1. The van der Waals surface area contributed by atoms with E-state index in [1.54, 1.807) is 17.0 Å². The lowest BCUT2D eigenvalue weighted by Gasteiger charge is -2.37. The smallest absolute Gasteiger partial charge is 0.254 e. The first kappa shape index (κ1) is 17.9. The predicted octanol–water partition coefficient (Wildman–Crippen LogP) is 0.127. The molecule has 2 aliphatic heterocycles. The lowest BCUT2D eigenvalue weighted by molar-refractivity contribution is -0.135. The molecule has 2 aliphatic rings.